The molecule has 3 saturated heterocycles. The quantitative estimate of drug-likeness (QED) is 0.640. The van der Waals surface area contributed by atoms with E-state index in [1.807, 2.05) is 4.90 Å². The number of hydrogen-bond donors (Lipinski definition) is 1. The minimum absolute atomic E-state index is 0.0661. The first-order valence-electron chi connectivity index (χ1n) is 12.5. The molecule has 2 aromatic rings. The number of hydrogen-bond acceptors (Lipinski definition) is 6. The number of thiophene rings is 1. The van der Waals surface area contributed by atoms with Gasteiger partial charge in [0.05, 0.1) is 35.1 Å². The van der Waals surface area contributed by atoms with Gasteiger partial charge in [0.1, 0.15) is 6.04 Å². The Hall–Kier alpha value is -1.97. The molecule has 0 spiro atoms. The third-order valence-corrected chi connectivity index (χ3v) is 9.42. The Labute approximate surface area is 215 Å². The van der Waals surface area contributed by atoms with Gasteiger partial charge in [-0.15, -0.1) is 11.3 Å². The van der Waals surface area contributed by atoms with Crippen molar-refractivity contribution in [2.45, 2.75) is 43.2 Å². The summed E-state index contributed by atoms with van der Waals surface area (Å²) in [5.74, 6) is -0.0909. The first kappa shape index (κ1) is 23.4. The van der Waals surface area contributed by atoms with Crippen molar-refractivity contribution >= 4 is 40.4 Å². The molecule has 4 aliphatic rings. The summed E-state index contributed by atoms with van der Waals surface area (Å²) in [6.07, 6.45) is 4.49. The molecular weight excluding hydrogens is 484 g/mol. The highest BCUT2D eigenvalue weighted by Gasteiger charge is 2.48. The summed E-state index contributed by atoms with van der Waals surface area (Å²) in [7, 11) is 0. The van der Waals surface area contributed by atoms with Crippen LogP contribution < -0.4 is 10.2 Å². The zero-order valence-electron chi connectivity index (χ0n) is 19.7. The van der Waals surface area contributed by atoms with Gasteiger partial charge in [0.2, 0.25) is 5.91 Å². The van der Waals surface area contributed by atoms with Crippen LogP contribution in [0.4, 0.5) is 5.69 Å². The summed E-state index contributed by atoms with van der Waals surface area (Å²) >= 11 is 7.24. The number of anilines is 1. The van der Waals surface area contributed by atoms with Crippen molar-refractivity contribution in [3.63, 3.8) is 0 Å². The Morgan fingerprint density at radius 2 is 1.89 bits per heavy atom. The number of morpholine rings is 1. The predicted octanol–water partition coefficient (Wildman–Crippen LogP) is 3.33. The fourth-order valence-corrected chi connectivity index (χ4v) is 7.06. The lowest BCUT2D eigenvalue weighted by atomic mass is 9.64. The van der Waals surface area contributed by atoms with Gasteiger partial charge in [-0.2, -0.15) is 0 Å². The van der Waals surface area contributed by atoms with Crippen LogP contribution in [0, 0.1) is 0 Å². The fourth-order valence-electron chi connectivity index (χ4n) is 6.11. The Balaban J connectivity index is 1.13. The third kappa shape index (κ3) is 4.40. The average Bonchev–Trinajstić information content (AvgIpc) is 3.54. The van der Waals surface area contributed by atoms with Crippen LogP contribution >= 0.6 is 22.9 Å². The van der Waals surface area contributed by atoms with E-state index in [4.69, 9.17) is 16.3 Å². The SMILES string of the molecule is O=C(N[C@@H]1CCN2CN(c3ccc(C4(CN5CCOCC5)CCC4)cc3)C(=O)[C@H]12)c1ccc(Cl)s1. The van der Waals surface area contributed by atoms with Crippen LogP contribution in [0.2, 0.25) is 4.34 Å². The summed E-state index contributed by atoms with van der Waals surface area (Å²) in [6.45, 7) is 6.12. The van der Waals surface area contributed by atoms with Gasteiger partial charge in [0.25, 0.3) is 5.91 Å². The molecule has 1 aromatic carbocycles. The molecule has 35 heavy (non-hydrogen) atoms. The molecule has 186 valence electrons. The van der Waals surface area contributed by atoms with Gasteiger partial charge in [-0.05, 0) is 49.1 Å². The second-order valence-electron chi connectivity index (χ2n) is 10.2. The van der Waals surface area contributed by atoms with Crippen molar-refractivity contribution in [1.82, 2.24) is 15.1 Å². The lowest BCUT2D eigenvalue weighted by Gasteiger charge is -2.46. The average molecular weight is 515 g/mol. The number of carbonyl (C=O) groups is 2. The number of benzene rings is 1. The highest BCUT2D eigenvalue weighted by atomic mass is 35.5. The van der Waals surface area contributed by atoms with E-state index in [-0.39, 0.29) is 29.3 Å². The monoisotopic (exact) mass is 514 g/mol. The summed E-state index contributed by atoms with van der Waals surface area (Å²) in [5, 5.41) is 3.08. The Morgan fingerprint density at radius 1 is 1.11 bits per heavy atom. The molecule has 0 radical (unpaired) electrons. The zero-order chi connectivity index (χ0) is 24.0. The molecule has 2 amide bonds. The number of fused-ring (bicyclic) bond motifs is 1. The van der Waals surface area contributed by atoms with E-state index in [9.17, 15) is 9.59 Å². The molecule has 1 aliphatic carbocycles. The van der Waals surface area contributed by atoms with Gasteiger partial charge >= 0.3 is 0 Å². The van der Waals surface area contributed by atoms with Crippen LogP contribution in [0.3, 0.4) is 0 Å². The molecule has 4 fully saturated rings. The van der Waals surface area contributed by atoms with Crippen LogP contribution in [0.25, 0.3) is 0 Å². The second kappa shape index (κ2) is 9.48. The highest BCUT2D eigenvalue weighted by molar-refractivity contribution is 7.18. The van der Waals surface area contributed by atoms with Crippen LogP contribution in [0.1, 0.15) is 40.9 Å². The van der Waals surface area contributed by atoms with Gasteiger partial charge in [-0.1, -0.05) is 30.2 Å². The molecule has 1 N–H and O–H groups in total. The van der Waals surface area contributed by atoms with E-state index in [2.05, 4.69) is 39.4 Å². The molecule has 1 aromatic heterocycles. The van der Waals surface area contributed by atoms with Crippen LogP contribution in [-0.2, 0) is 14.9 Å². The minimum Gasteiger partial charge on any atom is -0.379 e. The number of amides is 2. The van der Waals surface area contributed by atoms with E-state index in [1.165, 1.54) is 36.2 Å². The van der Waals surface area contributed by atoms with Crippen LogP contribution in [-0.4, -0.2) is 79.8 Å². The van der Waals surface area contributed by atoms with Crippen molar-refractivity contribution < 1.29 is 14.3 Å². The molecule has 4 heterocycles. The largest absolute Gasteiger partial charge is 0.379 e. The standard InChI is InChI=1S/C26H31ClN4O3S/c27-22-7-6-21(35-22)24(32)28-20-8-11-30-17-31(25(33)23(20)30)19-4-2-18(3-5-19)26(9-1-10-26)16-29-12-14-34-15-13-29/h2-7,20,23H,1,8-17H2,(H,28,32)/t20-,23+/m1/s1. The maximum Gasteiger partial charge on any atom is 0.261 e. The molecule has 0 bridgehead atoms. The molecule has 7 nitrogen and oxygen atoms in total. The molecule has 1 saturated carbocycles. The molecule has 0 unspecified atom stereocenters. The molecule has 2 atom stereocenters. The van der Waals surface area contributed by atoms with Gasteiger partial charge in [-0.3, -0.25) is 24.3 Å². The van der Waals surface area contributed by atoms with Gasteiger partial charge in [-0.25, -0.2) is 0 Å². The van der Waals surface area contributed by atoms with E-state index in [1.54, 1.807) is 12.1 Å². The number of halogens is 1. The lowest BCUT2D eigenvalue weighted by Crippen LogP contribution is -2.49. The van der Waals surface area contributed by atoms with Crippen LogP contribution in [0.5, 0.6) is 0 Å². The number of nitrogens with zero attached hydrogens (tertiary/aromatic N) is 3. The molecule has 6 rings (SSSR count). The first-order valence-corrected chi connectivity index (χ1v) is 13.7. The number of carbonyl (C=O) groups excluding carboxylic acids is 2. The van der Waals surface area contributed by atoms with Crippen LogP contribution in [0.15, 0.2) is 36.4 Å². The van der Waals surface area contributed by atoms with E-state index in [0.29, 0.717) is 15.9 Å². The molecular formula is C26H31ClN4O3S. The van der Waals surface area contributed by atoms with Gasteiger partial charge < -0.3 is 10.1 Å². The van der Waals surface area contributed by atoms with Crippen molar-refractivity contribution in [1.29, 1.82) is 0 Å². The van der Waals surface area contributed by atoms with Gasteiger partial charge in [0, 0.05) is 37.3 Å². The Morgan fingerprint density at radius 3 is 2.54 bits per heavy atom. The lowest BCUT2D eigenvalue weighted by molar-refractivity contribution is -0.119. The highest BCUT2D eigenvalue weighted by Crippen LogP contribution is 2.45. The van der Waals surface area contributed by atoms with E-state index in [0.717, 1.165) is 51.5 Å². The summed E-state index contributed by atoms with van der Waals surface area (Å²) in [5.41, 5.74) is 2.54. The minimum atomic E-state index is -0.312. The normalized spacial score (nSPS) is 26.5. The predicted molar refractivity (Wildman–Crippen MR) is 137 cm³/mol. The summed E-state index contributed by atoms with van der Waals surface area (Å²) in [6, 6.07) is 11.6. The maximum atomic E-state index is 13.4. The molecule has 3 aliphatic heterocycles. The Bertz CT molecular complexity index is 1100. The maximum absolute atomic E-state index is 13.4. The zero-order valence-corrected chi connectivity index (χ0v) is 21.3. The van der Waals surface area contributed by atoms with Crippen molar-refractivity contribution in [3.05, 3.63) is 51.2 Å². The molecule has 9 heteroatoms. The van der Waals surface area contributed by atoms with Crippen molar-refractivity contribution in [2.24, 2.45) is 0 Å². The smallest absolute Gasteiger partial charge is 0.261 e. The van der Waals surface area contributed by atoms with Crippen molar-refractivity contribution in [2.75, 3.05) is 51.0 Å². The number of ether oxygens (including phenoxy) is 1. The van der Waals surface area contributed by atoms with E-state index < -0.39 is 0 Å². The fraction of sp³-hybridized carbons (Fsp3) is 0.538. The van der Waals surface area contributed by atoms with Crippen molar-refractivity contribution in [3.8, 4) is 0 Å². The number of nitrogens with one attached hydrogen (secondary N) is 1. The summed E-state index contributed by atoms with van der Waals surface area (Å²) < 4.78 is 6.11. The third-order valence-electron chi connectivity index (χ3n) is 8.19. The summed E-state index contributed by atoms with van der Waals surface area (Å²) in [4.78, 5) is 33.2. The first-order chi connectivity index (χ1) is 17.0. The number of rotatable bonds is 6. The second-order valence-corrected chi connectivity index (χ2v) is 11.9. The van der Waals surface area contributed by atoms with Gasteiger partial charge in [0.15, 0.2) is 0 Å². The van der Waals surface area contributed by atoms with E-state index >= 15 is 0 Å². The Kier molecular flexibility index (Phi) is 6.35. The topological polar surface area (TPSA) is 65.1 Å².